The second-order valence-corrected chi connectivity index (χ2v) is 21.7. The van der Waals surface area contributed by atoms with Crippen molar-refractivity contribution in [2.24, 2.45) is 23.5 Å². The van der Waals surface area contributed by atoms with E-state index in [-0.39, 0.29) is 66.3 Å². The summed E-state index contributed by atoms with van der Waals surface area (Å²) >= 11 is 1.50. The Kier molecular flexibility index (Phi) is 20.8. The monoisotopic (exact) mass is 954 g/mol. The lowest BCUT2D eigenvalue weighted by molar-refractivity contribution is -0.148. The van der Waals surface area contributed by atoms with Gasteiger partial charge in [-0.3, -0.25) is 24.0 Å². The minimum atomic E-state index is -1.14. The Morgan fingerprint density at radius 1 is 0.985 bits per heavy atom. The summed E-state index contributed by atoms with van der Waals surface area (Å²) in [6.45, 7) is 18.2. The fraction of sp³-hybridized carbons (Fsp3) is 0.725. The van der Waals surface area contributed by atoms with Crippen LogP contribution in [0.1, 0.15) is 143 Å². The van der Waals surface area contributed by atoms with Crippen molar-refractivity contribution >= 4 is 40.9 Å². The fourth-order valence-corrected chi connectivity index (χ4v) is 10.4. The fourth-order valence-electron chi connectivity index (χ4n) is 9.66. The van der Waals surface area contributed by atoms with Crippen molar-refractivity contribution in [3.05, 3.63) is 52.5 Å². The zero-order chi connectivity index (χ0) is 49.7. The van der Waals surface area contributed by atoms with Gasteiger partial charge in [0.1, 0.15) is 16.6 Å². The third kappa shape index (κ3) is 15.5. The Labute approximate surface area is 404 Å². The normalized spacial score (nSPS) is 19.5. The molecule has 1 aliphatic heterocycles. The van der Waals surface area contributed by atoms with Crippen LogP contribution in [0.2, 0.25) is 0 Å². The van der Waals surface area contributed by atoms with E-state index >= 15 is 0 Å². The van der Waals surface area contributed by atoms with Crippen LogP contribution in [0.5, 0.6) is 0 Å². The number of hydrogen-bond donors (Lipinski definition) is 4. The van der Waals surface area contributed by atoms with E-state index in [4.69, 9.17) is 19.9 Å². The molecule has 376 valence electrons. The average molecular weight is 954 g/mol. The highest BCUT2D eigenvalue weighted by molar-refractivity contribution is 7.09. The number of amides is 5. The van der Waals surface area contributed by atoms with Gasteiger partial charge >= 0.3 is 0 Å². The van der Waals surface area contributed by atoms with E-state index in [0.29, 0.717) is 51.7 Å². The highest BCUT2D eigenvalue weighted by Gasteiger charge is 2.46. The minimum Gasteiger partial charge on any atom is -0.379 e. The van der Waals surface area contributed by atoms with Crippen LogP contribution in [0.25, 0.3) is 0 Å². The lowest BCUT2D eigenvalue weighted by atomic mass is 9.89. The molecule has 1 aromatic heterocycles. The zero-order valence-corrected chi connectivity index (χ0v) is 43.3. The SMILES string of the molecule is CC[C@H](C)[C@@H]([C@@H](CC(=O)N1CCC[C@H]1[C@H](OC)[C@@H](C)C(=O)N[C@@H](Cc1ccccc1)c1nccs1)OC)N(C)C(=O)[C@@H](NC(=O)C1(NC(=O)CCC(C)(C)OCC(C)(C)N)CCCC1)C(C)C. The zero-order valence-electron chi connectivity index (χ0n) is 42.5. The Morgan fingerprint density at radius 2 is 1.66 bits per heavy atom. The molecule has 1 aromatic carbocycles. The van der Waals surface area contributed by atoms with Crippen LogP contribution in [0, 0.1) is 17.8 Å². The number of thiazole rings is 1. The summed E-state index contributed by atoms with van der Waals surface area (Å²) in [5, 5.41) is 12.1. The number of nitrogens with one attached hydrogen (secondary N) is 3. The van der Waals surface area contributed by atoms with Gasteiger partial charge in [0.05, 0.1) is 54.9 Å². The quantitative estimate of drug-likeness (QED) is 0.0827. The van der Waals surface area contributed by atoms with E-state index in [2.05, 4.69) is 20.9 Å². The van der Waals surface area contributed by atoms with Crippen molar-refractivity contribution in [1.82, 2.24) is 30.7 Å². The minimum absolute atomic E-state index is 0.000485. The summed E-state index contributed by atoms with van der Waals surface area (Å²) in [6.07, 6.45) is 6.28. The molecule has 4 rings (SSSR count). The molecule has 5 amide bonds. The number of likely N-dealkylation sites (tertiary alicyclic amines) is 1. The van der Waals surface area contributed by atoms with E-state index in [0.717, 1.165) is 29.8 Å². The molecule has 1 saturated carbocycles. The largest absolute Gasteiger partial charge is 0.379 e. The van der Waals surface area contributed by atoms with E-state index in [9.17, 15) is 24.0 Å². The highest BCUT2D eigenvalue weighted by Crippen LogP contribution is 2.33. The van der Waals surface area contributed by atoms with Crippen LogP contribution in [-0.2, 0) is 44.6 Å². The van der Waals surface area contributed by atoms with E-state index in [1.54, 1.807) is 32.4 Å². The van der Waals surface area contributed by atoms with Gasteiger partial charge in [-0.1, -0.05) is 84.2 Å². The highest BCUT2D eigenvalue weighted by atomic mass is 32.1. The number of ether oxygens (including phenoxy) is 3. The molecule has 67 heavy (non-hydrogen) atoms. The Hall–Kier alpha value is -3.96. The second-order valence-electron chi connectivity index (χ2n) is 20.8. The van der Waals surface area contributed by atoms with Crippen molar-refractivity contribution in [2.75, 3.05) is 34.4 Å². The van der Waals surface area contributed by atoms with Crippen LogP contribution in [0.4, 0.5) is 0 Å². The first-order valence-electron chi connectivity index (χ1n) is 24.5. The van der Waals surface area contributed by atoms with Gasteiger partial charge in [-0.2, -0.15) is 0 Å². The van der Waals surface area contributed by atoms with Crippen LogP contribution in [-0.4, -0.2) is 126 Å². The molecule has 0 spiro atoms. The molecular weight excluding hydrogens is 871 g/mol. The third-order valence-corrected chi connectivity index (χ3v) is 14.8. The summed E-state index contributed by atoms with van der Waals surface area (Å²) in [6, 6.07) is 7.89. The lowest BCUT2D eigenvalue weighted by Crippen LogP contribution is -2.63. The molecule has 8 atom stereocenters. The first kappa shape index (κ1) is 55.6. The number of methoxy groups -OCH3 is 2. The molecule has 0 radical (unpaired) electrons. The average Bonchev–Trinajstić information content (AvgIpc) is 4.10. The molecule has 2 aromatic rings. The molecule has 2 fully saturated rings. The van der Waals surface area contributed by atoms with Gasteiger partial charge in [-0.05, 0) is 83.6 Å². The predicted molar refractivity (Wildman–Crippen MR) is 263 cm³/mol. The van der Waals surface area contributed by atoms with Gasteiger partial charge in [-0.15, -0.1) is 11.3 Å². The molecule has 1 aliphatic carbocycles. The second kappa shape index (κ2) is 25.1. The maximum absolute atomic E-state index is 14.7. The summed E-state index contributed by atoms with van der Waals surface area (Å²) in [5.74, 6) is -2.20. The van der Waals surface area contributed by atoms with Crippen LogP contribution in [0.15, 0.2) is 41.9 Å². The first-order valence-corrected chi connectivity index (χ1v) is 25.3. The Morgan fingerprint density at radius 3 is 2.22 bits per heavy atom. The molecule has 5 N–H and O–H groups in total. The number of benzene rings is 1. The number of rotatable bonds is 26. The van der Waals surface area contributed by atoms with Crippen molar-refractivity contribution in [2.45, 2.75) is 186 Å². The number of hydrogen-bond acceptors (Lipinski definition) is 11. The summed E-state index contributed by atoms with van der Waals surface area (Å²) in [5.41, 5.74) is 4.96. The van der Waals surface area contributed by atoms with Crippen molar-refractivity contribution in [3.8, 4) is 0 Å². The number of nitrogens with two attached hydrogens (primary N) is 1. The number of carbonyl (C=O) groups excluding carboxylic acids is 5. The molecule has 16 heteroatoms. The third-order valence-electron chi connectivity index (χ3n) is 13.9. The molecule has 1 saturated heterocycles. The van der Waals surface area contributed by atoms with Gasteiger partial charge < -0.3 is 45.7 Å². The standard InChI is InChI=1S/C51H83N7O8S/c1-13-34(4)43(57(10)47(62)42(33(2)3)55-48(63)51(24-17-18-25-51)56-40(59)23-26-50(8,9)66-32-49(6,7)52)39(64-11)31-41(60)58-28-19-22-38(58)44(65-12)35(5)45(61)54-37(46-53-27-29-67-46)30-36-20-15-14-16-21-36/h14-16,20-21,27,29,33-35,37-39,42-44H,13,17-19,22-26,28,30-32,52H2,1-12H3,(H,54,61)(H,55,63)(H,56,59)/t34-,35+,37-,38-,39+,42-,43-,44+/m0/s1. The van der Waals surface area contributed by atoms with Crippen molar-refractivity contribution in [1.29, 1.82) is 0 Å². The molecule has 0 bridgehead atoms. The van der Waals surface area contributed by atoms with Gasteiger partial charge in [0.2, 0.25) is 29.5 Å². The van der Waals surface area contributed by atoms with Gasteiger partial charge in [0.25, 0.3) is 0 Å². The molecular formula is C51H83N7O8S. The lowest BCUT2D eigenvalue weighted by Gasteiger charge is -2.41. The molecule has 0 unspecified atom stereocenters. The predicted octanol–water partition coefficient (Wildman–Crippen LogP) is 6.35. The van der Waals surface area contributed by atoms with E-state index in [1.807, 2.05) is 103 Å². The summed E-state index contributed by atoms with van der Waals surface area (Å²) < 4.78 is 18.2. The topological polar surface area (TPSA) is 195 Å². The summed E-state index contributed by atoms with van der Waals surface area (Å²) in [4.78, 5) is 79.0. The number of nitrogens with zero attached hydrogens (tertiary/aromatic N) is 3. The maximum atomic E-state index is 14.7. The van der Waals surface area contributed by atoms with Crippen LogP contribution >= 0.6 is 11.3 Å². The van der Waals surface area contributed by atoms with Gasteiger partial charge in [0.15, 0.2) is 0 Å². The van der Waals surface area contributed by atoms with Crippen molar-refractivity contribution < 1.29 is 38.2 Å². The smallest absolute Gasteiger partial charge is 0.246 e. The number of carbonyl (C=O) groups is 5. The molecule has 15 nitrogen and oxygen atoms in total. The maximum Gasteiger partial charge on any atom is 0.246 e. The van der Waals surface area contributed by atoms with E-state index < -0.39 is 46.9 Å². The molecule has 2 aliphatic rings. The number of likely N-dealkylation sites (N-methyl/N-ethyl adjacent to an activating group) is 1. The molecule has 2 heterocycles. The van der Waals surface area contributed by atoms with Crippen LogP contribution < -0.4 is 21.7 Å². The Balaban J connectivity index is 1.46. The van der Waals surface area contributed by atoms with Crippen LogP contribution in [0.3, 0.4) is 0 Å². The first-order chi connectivity index (χ1) is 31.6. The van der Waals surface area contributed by atoms with Gasteiger partial charge in [-0.25, -0.2) is 4.98 Å². The Bertz CT molecular complexity index is 1880. The number of aromatic nitrogens is 1. The van der Waals surface area contributed by atoms with Gasteiger partial charge in [0, 0.05) is 51.3 Å². The van der Waals surface area contributed by atoms with Crippen molar-refractivity contribution in [3.63, 3.8) is 0 Å². The summed E-state index contributed by atoms with van der Waals surface area (Å²) in [7, 11) is 4.87. The van der Waals surface area contributed by atoms with E-state index in [1.165, 1.54) is 11.3 Å².